The summed E-state index contributed by atoms with van der Waals surface area (Å²) >= 11 is 6.09. The van der Waals surface area contributed by atoms with Gasteiger partial charge in [0.15, 0.2) is 0 Å². The largest absolute Gasteiger partial charge is 0.388 e. The monoisotopic (exact) mass is 431 g/mol. The molecule has 29 heavy (non-hydrogen) atoms. The summed E-state index contributed by atoms with van der Waals surface area (Å²) in [5.74, 6) is -3.14. The molecule has 0 saturated carbocycles. The second kappa shape index (κ2) is 8.39. The fraction of sp³-hybridized carbons (Fsp3) is 0.684. The van der Waals surface area contributed by atoms with E-state index in [4.69, 9.17) is 21.1 Å². The van der Waals surface area contributed by atoms with Gasteiger partial charge in [0.1, 0.15) is 12.2 Å². The van der Waals surface area contributed by atoms with Gasteiger partial charge in [-0.1, -0.05) is 11.6 Å². The van der Waals surface area contributed by atoms with E-state index in [2.05, 4.69) is 10.3 Å². The van der Waals surface area contributed by atoms with E-state index in [9.17, 15) is 18.7 Å². The SMILES string of the molecule is O=C(CC1CC2OC(CNCc3cnccc3Cl)C(O)C2O1)N1CCC(F)(F)C1. The Morgan fingerprint density at radius 1 is 1.45 bits per heavy atom. The number of halogens is 3. The minimum atomic E-state index is -2.80. The van der Waals surface area contributed by atoms with Crippen LogP contribution in [0.2, 0.25) is 5.02 Å². The molecular weight excluding hydrogens is 408 g/mol. The molecule has 1 aromatic heterocycles. The second-order valence-electron chi connectivity index (χ2n) is 7.89. The molecule has 5 atom stereocenters. The Hall–Kier alpha value is -1.39. The molecule has 160 valence electrons. The van der Waals surface area contributed by atoms with Gasteiger partial charge in [0.05, 0.1) is 31.3 Å². The van der Waals surface area contributed by atoms with Gasteiger partial charge in [-0.25, -0.2) is 8.78 Å². The van der Waals surface area contributed by atoms with Crippen LogP contribution in [0.4, 0.5) is 8.78 Å². The van der Waals surface area contributed by atoms with Crippen molar-refractivity contribution in [2.75, 3.05) is 19.6 Å². The van der Waals surface area contributed by atoms with Gasteiger partial charge in [-0.05, 0) is 6.07 Å². The van der Waals surface area contributed by atoms with E-state index >= 15 is 0 Å². The molecule has 5 unspecified atom stereocenters. The molecule has 3 fully saturated rings. The predicted molar refractivity (Wildman–Crippen MR) is 99.7 cm³/mol. The predicted octanol–water partition coefficient (Wildman–Crippen LogP) is 1.37. The number of rotatable bonds is 6. The Kier molecular flexibility index (Phi) is 6.04. The lowest BCUT2D eigenvalue weighted by molar-refractivity contribution is -0.135. The molecule has 2 N–H and O–H groups in total. The molecule has 7 nitrogen and oxygen atoms in total. The van der Waals surface area contributed by atoms with Gasteiger partial charge in [0.2, 0.25) is 5.91 Å². The van der Waals surface area contributed by atoms with Crippen LogP contribution < -0.4 is 5.32 Å². The first-order valence-corrected chi connectivity index (χ1v) is 10.1. The zero-order chi connectivity index (χ0) is 20.6. The zero-order valence-electron chi connectivity index (χ0n) is 15.8. The number of nitrogens with one attached hydrogen (secondary N) is 1. The highest BCUT2D eigenvalue weighted by atomic mass is 35.5. The molecule has 3 aliphatic heterocycles. The average molecular weight is 432 g/mol. The van der Waals surface area contributed by atoms with Crippen molar-refractivity contribution < 1.29 is 28.2 Å². The highest BCUT2D eigenvalue weighted by Gasteiger charge is 2.51. The van der Waals surface area contributed by atoms with E-state index in [0.717, 1.165) is 5.56 Å². The Morgan fingerprint density at radius 2 is 2.28 bits per heavy atom. The minimum absolute atomic E-state index is 0.0293. The number of aromatic nitrogens is 1. The van der Waals surface area contributed by atoms with E-state index < -0.39 is 36.9 Å². The van der Waals surface area contributed by atoms with Crippen LogP contribution in [0.3, 0.4) is 0 Å². The van der Waals surface area contributed by atoms with Crippen molar-refractivity contribution in [1.82, 2.24) is 15.2 Å². The van der Waals surface area contributed by atoms with Crippen molar-refractivity contribution in [2.45, 2.75) is 62.2 Å². The number of aliphatic hydroxyl groups is 1. The number of pyridine rings is 1. The molecule has 4 rings (SSSR count). The maximum atomic E-state index is 13.3. The van der Waals surface area contributed by atoms with Crippen LogP contribution >= 0.6 is 11.6 Å². The summed E-state index contributed by atoms with van der Waals surface area (Å²) in [5.41, 5.74) is 0.851. The molecule has 0 radical (unpaired) electrons. The number of hydrogen-bond donors (Lipinski definition) is 2. The third-order valence-electron chi connectivity index (χ3n) is 5.71. The van der Waals surface area contributed by atoms with Crippen LogP contribution in [-0.2, 0) is 20.8 Å². The van der Waals surface area contributed by atoms with Crippen LogP contribution in [0.25, 0.3) is 0 Å². The molecule has 3 saturated heterocycles. The minimum Gasteiger partial charge on any atom is -0.388 e. The van der Waals surface area contributed by atoms with Crippen molar-refractivity contribution in [3.05, 3.63) is 29.0 Å². The summed E-state index contributed by atoms with van der Waals surface area (Å²) in [5, 5.41) is 14.3. The van der Waals surface area contributed by atoms with E-state index in [1.54, 1.807) is 18.5 Å². The van der Waals surface area contributed by atoms with Gasteiger partial charge in [0, 0.05) is 55.5 Å². The fourth-order valence-electron chi connectivity index (χ4n) is 4.17. The molecule has 0 spiro atoms. The van der Waals surface area contributed by atoms with Crippen LogP contribution in [0.1, 0.15) is 24.8 Å². The van der Waals surface area contributed by atoms with Gasteiger partial charge in [0.25, 0.3) is 5.92 Å². The van der Waals surface area contributed by atoms with Crippen molar-refractivity contribution in [1.29, 1.82) is 0 Å². The van der Waals surface area contributed by atoms with E-state index in [1.165, 1.54) is 4.90 Å². The number of ether oxygens (including phenoxy) is 2. The maximum Gasteiger partial charge on any atom is 0.267 e. The van der Waals surface area contributed by atoms with Gasteiger partial charge >= 0.3 is 0 Å². The standard InChI is InChI=1S/C19H24ClF2N3O4/c20-13-1-3-23-7-11(13)8-24-9-15-17(27)18-14(29-15)5-12(28-18)6-16(26)25-4-2-19(21,22)10-25/h1,3,7,12,14-15,17-18,24,27H,2,4-6,8-10H2. The lowest BCUT2D eigenvalue weighted by Gasteiger charge is -2.22. The Balaban J connectivity index is 1.22. The number of carbonyl (C=O) groups excluding carboxylic acids is 1. The van der Waals surface area contributed by atoms with Crippen molar-refractivity contribution in [2.24, 2.45) is 0 Å². The first-order chi connectivity index (χ1) is 13.8. The summed E-state index contributed by atoms with van der Waals surface area (Å²) in [6.45, 7) is 0.445. The lowest BCUT2D eigenvalue weighted by atomic mass is 10.1. The number of carbonyl (C=O) groups is 1. The molecule has 10 heteroatoms. The molecular formula is C19H24ClF2N3O4. The first-order valence-electron chi connectivity index (χ1n) is 9.76. The number of alkyl halides is 2. The number of hydrogen-bond acceptors (Lipinski definition) is 6. The first kappa shape index (κ1) is 20.9. The summed E-state index contributed by atoms with van der Waals surface area (Å²) in [4.78, 5) is 17.5. The highest BCUT2D eigenvalue weighted by molar-refractivity contribution is 6.31. The zero-order valence-corrected chi connectivity index (χ0v) is 16.5. The summed E-state index contributed by atoms with van der Waals surface area (Å²) < 4.78 is 38.3. The van der Waals surface area contributed by atoms with Gasteiger partial charge in [-0.2, -0.15) is 0 Å². The van der Waals surface area contributed by atoms with Gasteiger partial charge < -0.3 is 24.8 Å². The van der Waals surface area contributed by atoms with Crippen molar-refractivity contribution in [3.63, 3.8) is 0 Å². The van der Waals surface area contributed by atoms with Gasteiger partial charge in [-0.15, -0.1) is 0 Å². The Bertz CT molecular complexity index is 756. The highest BCUT2D eigenvalue weighted by Crippen LogP contribution is 2.36. The number of amides is 1. The topological polar surface area (TPSA) is 83.9 Å². The Morgan fingerprint density at radius 3 is 2.97 bits per heavy atom. The average Bonchev–Trinajstić information content (AvgIpc) is 3.31. The smallest absolute Gasteiger partial charge is 0.267 e. The summed E-state index contributed by atoms with van der Waals surface area (Å²) in [7, 11) is 0. The lowest BCUT2D eigenvalue weighted by Crippen LogP contribution is -2.39. The normalized spacial score (nSPS) is 33.2. The van der Waals surface area contributed by atoms with Crippen LogP contribution in [0.5, 0.6) is 0 Å². The number of nitrogens with zero attached hydrogens (tertiary/aromatic N) is 2. The number of aliphatic hydroxyl groups excluding tert-OH is 1. The van der Waals surface area contributed by atoms with Crippen LogP contribution in [-0.4, -0.2) is 77.0 Å². The summed E-state index contributed by atoms with van der Waals surface area (Å²) in [6.07, 6.45) is 0.979. The van der Waals surface area contributed by atoms with Crippen molar-refractivity contribution >= 4 is 17.5 Å². The third-order valence-corrected chi connectivity index (χ3v) is 6.08. The van der Waals surface area contributed by atoms with Crippen LogP contribution in [0, 0.1) is 0 Å². The van der Waals surface area contributed by atoms with E-state index in [0.29, 0.717) is 24.5 Å². The van der Waals surface area contributed by atoms with E-state index in [1.807, 2.05) is 0 Å². The molecule has 0 aliphatic carbocycles. The number of fused-ring (bicyclic) bond motifs is 1. The quantitative estimate of drug-likeness (QED) is 0.707. The summed E-state index contributed by atoms with van der Waals surface area (Å²) in [6, 6.07) is 1.71. The molecule has 0 aromatic carbocycles. The number of likely N-dealkylation sites (tertiary alicyclic amines) is 1. The van der Waals surface area contributed by atoms with Gasteiger partial charge in [-0.3, -0.25) is 9.78 Å². The second-order valence-corrected chi connectivity index (χ2v) is 8.29. The maximum absolute atomic E-state index is 13.3. The third kappa shape index (κ3) is 4.69. The molecule has 3 aliphatic rings. The molecule has 1 amide bonds. The van der Waals surface area contributed by atoms with Crippen LogP contribution in [0.15, 0.2) is 18.5 Å². The molecule has 0 bridgehead atoms. The molecule has 1 aromatic rings. The molecule has 4 heterocycles. The fourth-order valence-corrected chi connectivity index (χ4v) is 4.34. The van der Waals surface area contributed by atoms with Crippen molar-refractivity contribution in [3.8, 4) is 0 Å². The van der Waals surface area contributed by atoms with E-state index in [-0.39, 0.29) is 31.4 Å². The Labute approximate surface area is 172 Å².